The van der Waals surface area contributed by atoms with Gasteiger partial charge in [-0.15, -0.1) is 0 Å². The maximum atomic E-state index is 4.71. The summed E-state index contributed by atoms with van der Waals surface area (Å²) in [6.07, 6.45) is 7.54. The molecule has 2 aliphatic rings. The first-order valence-electron chi connectivity index (χ1n) is 14.6. The zero-order valence-corrected chi connectivity index (χ0v) is 23.4. The number of fused-ring (bicyclic) bond motifs is 9. The Hall–Kier alpha value is -4.30. The number of allylic oxidation sites excluding steroid dienone is 1. The lowest BCUT2D eigenvalue weighted by molar-refractivity contribution is -0.720. The minimum atomic E-state index is 0.312. The highest BCUT2D eigenvalue weighted by Gasteiger charge is 2.42. The average molecular weight is 521 g/mol. The number of pyridine rings is 2. The molecule has 2 atom stereocenters. The minimum absolute atomic E-state index is 0.312. The van der Waals surface area contributed by atoms with Gasteiger partial charge >= 0.3 is 0 Å². The Labute approximate surface area is 237 Å². The Bertz CT molecular complexity index is 1730. The molecule has 0 spiro atoms. The number of nitrogens with zero attached hydrogens (tertiary/aromatic N) is 2. The fourth-order valence-electron chi connectivity index (χ4n) is 6.88. The predicted molar refractivity (Wildman–Crippen MR) is 164 cm³/mol. The summed E-state index contributed by atoms with van der Waals surface area (Å²) in [5.41, 5.74) is 13.1. The van der Waals surface area contributed by atoms with E-state index in [1.807, 2.05) is 0 Å². The fourth-order valence-corrected chi connectivity index (χ4v) is 6.88. The molecule has 0 saturated heterocycles. The molecule has 7 rings (SSSR count). The zero-order valence-electron chi connectivity index (χ0n) is 23.4. The number of benzene rings is 3. The first-order valence-corrected chi connectivity index (χ1v) is 14.6. The Morgan fingerprint density at radius 1 is 0.725 bits per heavy atom. The van der Waals surface area contributed by atoms with E-state index in [0.717, 1.165) is 25.0 Å². The second kappa shape index (κ2) is 10.0. The second-order valence-electron chi connectivity index (χ2n) is 11.7. The van der Waals surface area contributed by atoms with Gasteiger partial charge in [-0.3, -0.25) is 0 Å². The lowest BCUT2D eigenvalue weighted by atomic mass is 9.77. The zero-order chi connectivity index (χ0) is 27.2. The molecule has 40 heavy (non-hydrogen) atoms. The third-order valence-electron chi connectivity index (χ3n) is 9.02. The van der Waals surface area contributed by atoms with E-state index in [-0.39, 0.29) is 0 Å². The van der Waals surface area contributed by atoms with Gasteiger partial charge < -0.3 is 0 Å². The van der Waals surface area contributed by atoms with E-state index in [0.29, 0.717) is 17.9 Å². The molecular weight excluding hydrogens is 484 g/mol. The SMILES string of the molecule is C=C1CC2C(CCc3ccccc3-c3cc(-c4ccc(C(C)C)cc4)cc[n+]31)c1ccccc1-c1cccc[n+]12. The Morgan fingerprint density at radius 3 is 2.30 bits per heavy atom. The van der Waals surface area contributed by atoms with Gasteiger partial charge in [-0.2, -0.15) is 9.13 Å². The fraction of sp³-hybridized carbons (Fsp3) is 0.211. The Balaban J connectivity index is 1.37. The van der Waals surface area contributed by atoms with Crippen LogP contribution in [0.15, 0.2) is 122 Å². The summed E-state index contributed by atoms with van der Waals surface area (Å²) in [5, 5.41) is 0. The maximum absolute atomic E-state index is 4.71. The third-order valence-corrected chi connectivity index (χ3v) is 9.02. The second-order valence-corrected chi connectivity index (χ2v) is 11.7. The van der Waals surface area contributed by atoms with Gasteiger partial charge in [0.25, 0.3) is 0 Å². The van der Waals surface area contributed by atoms with Crippen LogP contribution < -0.4 is 9.13 Å². The molecule has 2 aromatic heterocycles. The summed E-state index contributed by atoms with van der Waals surface area (Å²) >= 11 is 0. The molecule has 0 radical (unpaired) electrons. The Morgan fingerprint density at radius 2 is 1.48 bits per heavy atom. The van der Waals surface area contributed by atoms with E-state index in [1.54, 1.807) is 0 Å². The van der Waals surface area contributed by atoms with Crippen molar-refractivity contribution >= 4 is 5.70 Å². The van der Waals surface area contributed by atoms with Crippen LogP contribution >= 0.6 is 0 Å². The van der Waals surface area contributed by atoms with Crippen molar-refractivity contribution in [2.45, 2.75) is 51.0 Å². The number of aryl methyl sites for hydroxylation is 1. The van der Waals surface area contributed by atoms with Crippen LogP contribution in [0.25, 0.3) is 39.3 Å². The minimum Gasteiger partial charge on any atom is -0.194 e. The standard InChI is InChI=1S/C38H36N2/c1-26(2)28-15-17-29(18-16-28)31-21-23-39-27(3)24-37-35(20-19-30-10-4-5-11-32(30)38(39)25-31)33-12-6-7-13-34(33)36-14-8-9-22-40(36)37/h4-18,21-23,25-26,35,37H,3,19-20,24H2,1-2H3/q+2. The molecule has 196 valence electrons. The highest BCUT2D eigenvalue weighted by atomic mass is 15.0. The first-order chi connectivity index (χ1) is 19.6. The van der Waals surface area contributed by atoms with Crippen molar-refractivity contribution in [1.82, 2.24) is 0 Å². The lowest BCUT2D eigenvalue weighted by Crippen LogP contribution is -2.49. The van der Waals surface area contributed by atoms with Gasteiger partial charge in [0.05, 0.1) is 6.42 Å². The van der Waals surface area contributed by atoms with Crippen LogP contribution in [0.1, 0.15) is 61.3 Å². The number of rotatable bonds is 2. The largest absolute Gasteiger partial charge is 0.218 e. The molecule has 3 aromatic carbocycles. The molecule has 2 nitrogen and oxygen atoms in total. The van der Waals surface area contributed by atoms with Crippen LogP contribution in [-0.4, -0.2) is 0 Å². The molecule has 4 heterocycles. The van der Waals surface area contributed by atoms with Crippen molar-refractivity contribution in [2.75, 3.05) is 0 Å². The molecule has 5 aromatic rings. The van der Waals surface area contributed by atoms with E-state index in [9.17, 15) is 0 Å². The van der Waals surface area contributed by atoms with Crippen molar-refractivity contribution in [3.8, 4) is 33.6 Å². The average Bonchev–Trinajstić information content (AvgIpc) is 3.00. The van der Waals surface area contributed by atoms with Gasteiger partial charge in [0, 0.05) is 41.3 Å². The molecular formula is C38H36N2+2. The molecule has 0 saturated carbocycles. The summed E-state index contributed by atoms with van der Waals surface area (Å²) in [7, 11) is 0. The summed E-state index contributed by atoms with van der Waals surface area (Å²) in [6, 6.07) is 38.6. The van der Waals surface area contributed by atoms with Crippen LogP contribution in [-0.2, 0) is 6.42 Å². The van der Waals surface area contributed by atoms with E-state index in [4.69, 9.17) is 6.58 Å². The van der Waals surface area contributed by atoms with Crippen LogP contribution in [0.5, 0.6) is 0 Å². The molecule has 0 aliphatic carbocycles. The highest BCUT2D eigenvalue weighted by Crippen LogP contribution is 2.44. The smallest absolute Gasteiger partial charge is 0.194 e. The van der Waals surface area contributed by atoms with Gasteiger partial charge in [0.1, 0.15) is 0 Å². The predicted octanol–water partition coefficient (Wildman–Crippen LogP) is 8.53. The monoisotopic (exact) mass is 520 g/mol. The quantitative estimate of drug-likeness (QED) is 0.206. The van der Waals surface area contributed by atoms with Crippen LogP contribution in [0.3, 0.4) is 0 Å². The molecule has 0 fully saturated rings. The van der Waals surface area contributed by atoms with Crippen LogP contribution in [0.2, 0.25) is 0 Å². The van der Waals surface area contributed by atoms with Gasteiger partial charge in [0.15, 0.2) is 24.1 Å². The van der Waals surface area contributed by atoms with Gasteiger partial charge in [-0.1, -0.05) is 74.5 Å². The van der Waals surface area contributed by atoms with Crippen molar-refractivity contribution in [3.63, 3.8) is 0 Å². The molecule has 0 N–H and O–H groups in total. The normalized spacial score (nSPS) is 17.7. The van der Waals surface area contributed by atoms with Crippen molar-refractivity contribution in [2.24, 2.45) is 0 Å². The molecule has 0 bridgehead atoms. The number of hydrogen-bond acceptors (Lipinski definition) is 0. The van der Waals surface area contributed by atoms with Crippen molar-refractivity contribution < 1.29 is 9.13 Å². The van der Waals surface area contributed by atoms with E-state index < -0.39 is 0 Å². The first kappa shape index (κ1) is 24.7. The maximum Gasteiger partial charge on any atom is 0.218 e. The summed E-state index contributed by atoms with van der Waals surface area (Å²) in [4.78, 5) is 0. The summed E-state index contributed by atoms with van der Waals surface area (Å²) < 4.78 is 4.85. The van der Waals surface area contributed by atoms with Crippen molar-refractivity contribution in [1.29, 1.82) is 0 Å². The topological polar surface area (TPSA) is 7.76 Å². The van der Waals surface area contributed by atoms with E-state index in [2.05, 4.69) is 139 Å². The number of hydrogen-bond donors (Lipinski definition) is 0. The van der Waals surface area contributed by atoms with Crippen LogP contribution in [0.4, 0.5) is 0 Å². The lowest BCUT2D eigenvalue weighted by Gasteiger charge is -2.31. The van der Waals surface area contributed by atoms with Crippen molar-refractivity contribution in [3.05, 3.63) is 139 Å². The van der Waals surface area contributed by atoms with Gasteiger partial charge in [-0.05, 0) is 71.4 Å². The third kappa shape index (κ3) is 4.19. The van der Waals surface area contributed by atoms with E-state index >= 15 is 0 Å². The van der Waals surface area contributed by atoms with Gasteiger partial charge in [0.2, 0.25) is 11.4 Å². The summed E-state index contributed by atoms with van der Waals surface area (Å²) in [5.74, 6) is 0.948. The molecule has 0 amide bonds. The molecule has 2 unspecified atom stereocenters. The Kier molecular flexibility index (Phi) is 6.20. The van der Waals surface area contributed by atoms with Gasteiger partial charge in [-0.25, -0.2) is 0 Å². The number of aromatic nitrogens is 2. The highest BCUT2D eigenvalue weighted by molar-refractivity contribution is 5.71. The summed E-state index contributed by atoms with van der Waals surface area (Å²) in [6.45, 7) is 9.20. The van der Waals surface area contributed by atoms with E-state index in [1.165, 1.54) is 50.3 Å². The molecule has 2 heteroatoms. The molecule has 2 aliphatic heterocycles. The van der Waals surface area contributed by atoms with Crippen LogP contribution in [0, 0.1) is 0 Å².